The summed E-state index contributed by atoms with van der Waals surface area (Å²) >= 11 is 0. The summed E-state index contributed by atoms with van der Waals surface area (Å²) in [5.41, 5.74) is 10.6. The van der Waals surface area contributed by atoms with Crippen LogP contribution >= 0.6 is 0 Å². The third-order valence-electron chi connectivity index (χ3n) is 3.81. The van der Waals surface area contributed by atoms with Crippen molar-refractivity contribution in [3.05, 3.63) is 59.7 Å². The highest BCUT2D eigenvalue weighted by molar-refractivity contribution is 5.97. The second-order valence-electron chi connectivity index (χ2n) is 5.37. The van der Waals surface area contributed by atoms with Crippen LogP contribution in [0.15, 0.2) is 48.5 Å². The Labute approximate surface area is 148 Å². The van der Waals surface area contributed by atoms with Crippen LogP contribution in [-0.4, -0.2) is 29.6 Å². The molecule has 134 valence electrons. The Kier molecular flexibility index (Phi) is 7.78. The van der Waals surface area contributed by atoms with Gasteiger partial charge in [0.1, 0.15) is 6.04 Å². The summed E-state index contributed by atoms with van der Waals surface area (Å²) in [5, 5.41) is 11.1. The predicted molar refractivity (Wildman–Crippen MR) is 98.2 cm³/mol. The van der Waals surface area contributed by atoms with Crippen LogP contribution in [0.1, 0.15) is 30.3 Å². The van der Waals surface area contributed by atoms with Gasteiger partial charge in [-0.05, 0) is 35.2 Å². The van der Waals surface area contributed by atoms with Crippen LogP contribution in [0.4, 0.5) is 0 Å². The first-order chi connectivity index (χ1) is 11.6. The van der Waals surface area contributed by atoms with Gasteiger partial charge in [-0.15, -0.1) is 0 Å². The molecule has 0 aliphatic heterocycles. The molecule has 0 bridgehead atoms. The maximum Gasteiger partial charge on any atom is 0.267 e. The minimum Gasteiger partial charge on any atom is -0.339 e. The molecule has 0 aromatic heterocycles. The molecule has 6 heteroatoms. The van der Waals surface area contributed by atoms with Crippen molar-refractivity contribution in [1.29, 1.82) is 0 Å². The molecule has 2 amide bonds. The van der Waals surface area contributed by atoms with Gasteiger partial charge < -0.3 is 11.1 Å². The Bertz CT molecular complexity index is 697. The standard InChI is InChI=1S/C18H21N3O3.CH4/c1-2-12-3-5-13(6-4-12)14-7-9-15(10-8-14)17(22)20-16(11-19)18(23)21-24;/h3-10,16,24H,2,11,19H2,1H3,(H,20,22)(H,21,23);1H4/t16-;/m0./s1. The van der Waals surface area contributed by atoms with Gasteiger partial charge in [-0.25, -0.2) is 5.48 Å². The van der Waals surface area contributed by atoms with E-state index in [-0.39, 0.29) is 14.0 Å². The van der Waals surface area contributed by atoms with E-state index in [1.165, 1.54) is 11.0 Å². The number of benzene rings is 2. The van der Waals surface area contributed by atoms with E-state index in [0.717, 1.165) is 17.5 Å². The second kappa shape index (κ2) is 9.56. The number of hydrogen-bond acceptors (Lipinski definition) is 4. The fourth-order valence-corrected chi connectivity index (χ4v) is 2.30. The van der Waals surface area contributed by atoms with E-state index < -0.39 is 17.9 Å². The van der Waals surface area contributed by atoms with E-state index in [1.807, 2.05) is 24.3 Å². The molecule has 6 nitrogen and oxygen atoms in total. The summed E-state index contributed by atoms with van der Waals surface area (Å²) in [6.45, 7) is 1.99. The molecular formula is C19H25N3O3. The van der Waals surface area contributed by atoms with Gasteiger partial charge in [0, 0.05) is 12.1 Å². The summed E-state index contributed by atoms with van der Waals surface area (Å²) in [6.07, 6.45) is 0.989. The molecule has 25 heavy (non-hydrogen) atoms. The maximum atomic E-state index is 12.1. The number of aryl methyl sites for hydroxylation is 1. The van der Waals surface area contributed by atoms with Gasteiger partial charge in [-0.2, -0.15) is 0 Å². The molecular weight excluding hydrogens is 318 g/mol. The third-order valence-corrected chi connectivity index (χ3v) is 3.81. The van der Waals surface area contributed by atoms with Crippen molar-refractivity contribution >= 4 is 11.8 Å². The highest BCUT2D eigenvalue weighted by atomic mass is 16.5. The van der Waals surface area contributed by atoms with E-state index in [0.29, 0.717) is 5.56 Å². The summed E-state index contributed by atoms with van der Waals surface area (Å²) in [5.74, 6) is -1.18. The van der Waals surface area contributed by atoms with Crippen LogP contribution in [0.25, 0.3) is 11.1 Å². The minimum absolute atomic E-state index is 0. The molecule has 0 aliphatic carbocycles. The Balaban J connectivity index is 0.00000312. The number of rotatable bonds is 6. The molecule has 0 radical (unpaired) electrons. The van der Waals surface area contributed by atoms with Crippen LogP contribution < -0.4 is 16.5 Å². The van der Waals surface area contributed by atoms with Crippen LogP contribution in [0.5, 0.6) is 0 Å². The van der Waals surface area contributed by atoms with Crippen molar-refractivity contribution in [2.45, 2.75) is 26.8 Å². The summed E-state index contributed by atoms with van der Waals surface area (Å²) in [6, 6.07) is 14.3. The highest BCUT2D eigenvalue weighted by Crippen LogP contribution is 2.20. The lowest BCUT2D eigenvalue weighted by Crippen LogP contribution is -2.50. The van der Waals surface area contributed by atoms with Crippen LogP contribution in [0.3, 0.4) is 0 Å². The molecule has 2 rings (SSSR count). The minimum atomic E-state index is -0.983. The number of hydrogen-bond donors (Lipinski definition) is 4. The first-order valence-electron chi connectivity index (χ1n) is 7.73. The molecule has 0 heterocycles. The Hall–Kier alpha value is -2.70. The molecule has 1 atom stereocenters. The van der Waals surface area contributed by atoms with E-state index in [4.69, 9.17) is 10.9 Å². The molecule has 5 N–H and O–H groups in total. The molecule has 0 aliphatic rings. The fourth-order valence-electron chi connectivity index (χ4n) is 2.30. The Morgan fingerprint density at radius 2 is 1.56 bits per heavy atom. The number of nitrogens with one attached hydrogen (secondary N) is 2. The third kappa shape index (κ3) is 5.14. The SMILES string of the molecule is C.CCc1ccc(-c2ccc(C(=O)N[C@@H](CN)C(=O)NO)cc2)cc1. The predicted octanol–water partition coefficient (Wildman–Crippen LogP) is 2.11. The van der Waals surface area contributed by atoms with Crippen LogP contribution in [0, 0.1) is 0 Å². The average Bonchev–Trinajstić information content (AvgIpc) is 2.65. The van der Waals surface area contributed by atoms with E-state index >= 15 is 0 Å². The van der Waals surface area contributed by atoms with E-state index in [1.54, 1.807) is 12.1 Å². The van der Waals surface area contributed by atoms with Gasteiger partial charge >= 0.3 is 0 Å². The van der Waals surface area contributed by atoms with Crippen LogP contribution in [0.2, 0.25) is 0 Å². The number of hydroxylamine groups is 1. The first kappa shape index (κ1) is 20.3. The van der Waals surface area contributed by atoms with Crippen molar-refractivity contribution < 1.29 is 14.8 Å². The Morgan fingerprint density at radius 1 is 1.04 bits per heavy atom. The zero-order valence-electron chi connectivity index (χ0n) is 13.5. The summed E-state index contributed by atoms with van der Waals surface area (Å²) in [4.78, 5) is 23.5. The molecule has 0 saturated carbocycles. The molecule has 0 saturated heterocycles. The number of carbonyl (C=O) groups is 2. The van der Waals surface area contributed by atoms with Gasteiger partial charge in [-0.3, -0.25) is 14.8 Å². The van der Waals surface area contributed by atoms with Gasteiger partial charge in [0.2, 0.25) is 0 Å². The molecule has 0 unspecified atom stereocenters. The van der Waals surface area contributed by atoms with Crippen molar-refractivity contribution in [3.63, 3.8) is 0 Å². The van der Waals surface area contributed by atoms with E-state index in [9.17, 15) is 9.59 Å². The highest BCUT2D eigenvalue weighted by Gasteiger charge is 2.19. The van der Waals surface area contributed by atoms with Gasteiger partial charge in [0.05, 0.1) is 0 Å². The quantitative estimate of drug-likeness (QED) is 0.476. The number of carbonyl (C=O) groups excluding carboxylic acids is 2. The summed E-state index contributed by atoms with van der Waals surface area (Å²) in [7, 11) is 0. The monoisotopic (exact) mass is 343 g/mol. The largest absolute Gasteiger partial charge is 0.339 e. The summed E-state index contributed by atoms with van der Waals surface area (Å²) < 4.78 is 0. The topological polar surface area (TPSA) is 104 Å². The number of amides is 2. The smallest absolute Gasteiger partial charge is 0.267 e. The van der Waals surface area contributed by atoms with Gasteiger partial charge in [0.15, 0.2) is 0 Å². The lowest BCUT2D eigenvalue weighted by Gasteiger charge is -2.14. The molecule has 2 aromatic rings. The van der Waals surface area contributed by atoms with Crippen molar-refractivity contribution in [2.75, 3.05) is 6.54 Å². The molecule has 0 fully saturated rings. The maximum absolute atomic E-state index is 12.1. The van der Waals surface area contributed by atoms with Crippen molar-refractivity contribution in [2.24, 2.45) is 5.73 Å². The zero-order valence-corrected chi connectivity index (χ0v) is 13.5. The average molecular weight is 343 g/mol. The first-order valence-corrected chi connectivity index (χ1v) is 7.73. The molecule has 2 aromatic carbocycles. The van der Waals surface area contributed by atoms with Gasteiger partial charge in [-0.1, -0.05) is 50.7 Å². The fraction of sp³-hybridized carbons (Fsp3) is 0.263. The van der Waals surface area contributed by atoms with Crippen molar-refractivity contribution in [3.8, 4) is 11.1 Å². The normalized spacial score (nSPS) is 11.2. The zero-order chi connectivity index (χ0) is 17.5. The lowest BCUT2D eigenvalue weighted by atomic mass is 10.0. The molecule has 0 spiro atoms. The second-order valence-corrected chi connectivity index (χ2v) is 5.37. The van der Waals surface area contributed by atoms with E-state index in [2.05, 4.69) is 24.4 Å². The lowest BCUT2D eigenvalue weighted by molar-refractivity contribution is -0.130. The number of nitrogens with two attached hydrogens (primary N) is 1. The van der Waals surface area contributed by atoms with Gasteiger partial charge in [0.25, 0.3) is 11.8 Å². The van der Waals surface area contributed by atoms with Crippen molar-refractivity contribution in [1.82, 2.24) is 10.8 Å². The van der Waals surface area contributed by atoms with Crippen LogP contribution in [-0.2, 0) is 11.2 Å². The Morgan fingerprint density at radius 3 is 2.00 bits per heavy atom.